The fourth-order valence-electron chi connectivity index (χ4n) is 2.70. The van der Waals surface area contributed by atoms with Crippen LogP contribution in [0.5, 0.6) is 11.5 Å². The lowest BCUT2D eigenvalue weighted by Crippen LogP contribution is -2.27. The summed E-state index contributed by atoms with van der Waals surface area (Å²) in [6, 6.07) is 7.09. The Balaban J connectivity index is 2.01. The van der Waals surface area contributed by atoms with Crippen LogP contribution >= 0.6 is 0 Å². The number of para-hydroxylation sites is 1. The number of aryl methyl sites for hydroxylation is 2. The second-order valence-corrected chi connectivity index (χ2v) is 5.92. The van der Waals surface area contributed by atoms with E-state index in [4.69, 9.17) is 4.74 Å². The number of aromatic nitrogens is 1. The minimum Gasteiger partial charge on any atom is -0.508 e. The molecule has 0 fully saturated rings. The molecular formula is C19H24N2O3. The van der Waals surface area contributed by atoms with Gasteiger partial charge in [0.2, 0.25) is 5.91 Å². The van der Waals surface area contributed by atoms with Crippen molar-refractivity contribution in [3.63, 3.8) is 0 Å². The number of methoxy groups -OCH3 is 1. The number of benzene rings is 1. The molecule has 2 aromatic rings. The van der Waals surface area contributed by atoms with Crippen molar-refractivity contribution in [2.75, 3.05) is 14.2 Å². The summed E-state index contributed by atoms with van der Waals surface area (Å²) in [7, 11) is 3.40. The SMILES string of the molecule is COc1c(C)cnc(CN(C)C(=O)CCc2ccccc2O)c1C. The Morgan fingerprint density at radius 3 is 2.67 bits per heavy atom. The van der Waals surface area contributed by atoms with E-state index in [9.17, 15) is 9.90 Å². The van der Waals surface area contributed by atoms with Gasteiger partial charge in [0.1, 0.15) is 11.5 Å². The number of carbonyl (C=O) groups excluding carboxylic acids is 1. The van der Waals surface area contributed by atoms with Gasteiger partial charge in [0, 0.05) is 30.8 Å². The first-order valence-corrected chi connectivity index (χ1v) is 7.94. The van der Waals surface area contributed by atoms with E-state index in [1.165, 1.54) is 0 Å². The van der Waals surface area contributed by atoms with E-state index in [0.717, 1.165) is 28.1 Å². The molecule has 1 aromatic heterocycles. The molecule has 24 heavy (non-hydrogen) atoms. The minimum atomic E-state index is 0.0130. The van der Waals surface area contributed by atoms with E-state index in [-0.39, 0.29) is 11.7 Å². The number of pyridine rings is 1. The molecule has 0 atom stereocenters. The summed E-state index contributed by atoms with van der Waals surface area (Å²) in [5, 5.41) is 9.77. The summed E-state index contributed by atoms with van der Waals surface area (Å²) in [6.07, 6.45) is 2.62. The summed E-state index contributed by atoms with van der Waals surface area (Å²) in [6.45, 7) is 4.33. The topological polar surface area (TPSA) is 62.7 Å². The molecule has 0 saturated carbocycles. The number of hydrogen-bond donors (Lipinski definition) is 1. The van der Waals surface area contributed by atoms with E-state index < -0.39 is 0 Å². The lowest BCUT2D eigenvalue weighted by atomic mass is 10.1. The van der Waals surface area contributed by atoms with Crippen LogP contribution in [0.2, 0.25) is 0 Å². The highest BCUT2D eigenvalue weighted by Gasteiger charge is 2.15. The van der Waals surface area contributed by atoms with Gasteiger partial charge in [0.15, 0.2) is 0 Å². The number of carbonyl (C=O) groups is 1. The first kappa shape index (κ1) is 17.8. The molecule has 0 aliphatic rings. The predicted octanol–water partition coefficient (Wildman–Crippen LogP) is 3.00. The van der Waals surface area contributed by atoms with E-state index in [2.05, 4.69) is 4.98 Å². The maximum Gasteiger partial charge on any atom is 0.222 e. The third kappa shape index (κ3) is 4.04. The first-order chi connectivity index (χ1) is 11.4. The lowest BCUT2D eigenvalue weighted by molar-refractivity contribution is -0.130. The van der Waals surface area contributed by atoms with Crippen LogP contribution in [0.1, 0.15) is 28.8 Å². The molecular weight excluding hydrogens is 304 g/mol. The van der Waals surface area contributed by atoms with Gasteiger partial charge in [-0.2, -0.15) is 0 Å². The van der Waals surface area contributed by atoms with Crippen LogP contribution in [0.25, 0.3) is 0 Å². The Morgan fingerprint density at radius 1 is 1.29 bits per heavy atom. The second kappa shape index (κ2) is 7.81. The highest BCUT2D eigenvalue weighted by molar-refractivity contribution is 5.76. The molecule has 0 saturated heterocycles. The number of hydrogen-bond acceptors (Lipinski definition) is 4. The van der Waals surface area contributed by atoms with Crippen LogP contribution in [-0.2, 0) is 17.8 Å². The highest BCUT2D eigenvalue weighted by Crippen LogP contribution is 2.25. The maximum absolute atomic E-state index is 12.3. The Kier molecular flexibility index (Phi) is 5.79. The van der Waals surface area contributed by atoms with Crippen LogP contribution in [0.4, 0.5) is 0 Å². The first-order valence-electron chi connectivity index (χ1n) is 7.94. The van der Waals surface area contributed by atoms with Crippen molar-refractivity contribution in [1.82, 2.24) is 9.88 Å². The molecule has 5 nitrogen and oxygen atoms in total. The fourth-order valence-corrected chi connectivity index (χ4v) is 2.70. The van der Waals surface area contributed by atoms with Crippen molar-refractivity contribution in [1.29, 1.82) is 0 Å². The zero-order chi connectivity index (χ0) is 17.7. The molecule has 0 radical (unpaired) electrons. The van der Waals surface area contributed by atoms with Crippen molar-refractivity contribution in [2.24, 2.45) is 0 Å². The number of rotatable bonds is 6. The summed E-state index contributed by atoms with van der Waals surface area (Å²) in [5.41, 5.74) is 3.55. The van der Waals surface area contributed by atoms with Crippen molar-refractivity contribution < 1.29 is 14.6 Å². The average Bonchev–Trinajstić information content (AvgIpc) is 2.56. The van der Waals surface area contributed by atoms with Crippen LogP contribution < -0.4 is 4.74 Å². The molecule has 0 aliphatic heterocycles. The Hall–Kier alpha value is -2.56. The number of phenols is 1. The summed E-state index contributed by atoms with van der Waals surface area (Å²) in [5.74, 6) is 1.06. The molecule has 0 aliphatic carbocycles. The molecule has 0 unspecified atom stereocenters. The third-order valence-electron chi connectivity index (χ3n) is 4.16. The Labute approximate surface area is 142 Å². The van der Waals surface area contributed by atoms with Gasteiger partial charge in [-0.25, -0.2) is 0 Å². The van der Waals surface area contributed by atoms with Crippen molar-refractivity contribution in [2.45, 2.75) is 33.2 Å². The van der Waals surface area contributed by atoms with Gasteiger partial charge in [-0.3, -0.25) is 9.78 Å². The van der Waals surface area contributed by atoms with Gasteiger partial charge in [-0.15, -0.1) is 0 Å². The van der Waals surface area contributed by atoms with Crippen LogP contribution in [0.15, 0.2) is 30.5 Å². The normalized spacial score (nSPS) is 10.5. The quantitative estimate of drug-likeness (QED) is 0.885. The zero-order valence-electron chi connectivity index (χ0n) is 14.7. The summed E-state index contributed by atoms with van der Waals surface area (Å²) >= 11 is 0. The smallest absolute Gasteiger partial charge is 0.222 e. The van der Waals surface area contributed by atoms with Gasteiger partial charge >= 0.3 is 0 Å². The highest BCUT2D eigenvalue weighted by atomic mass is 16.5. The predicted molar refractivity (Wildman–Crippen MR) is 93.2 cm³/mol. The van der Waals surface area contributed by atoms with Crippen molar-refractivity contribution in [3.05, 3.63) is 52.8 Å². The number of ether oxygens (including phenoxy) is 1. The fraction of sp³-hybridized carbons (Fsp3) is 0.368. The third-order valence-corrected chi connectivity index (χ3v) is 4.16. The number of phenolic OH excluding ortho intramolecular Hbond substituents is 1. The average molecular weight is 328 g/mol. The van der Waals surface area contributed by atoms with Crippen molar-refractivity contribution in [3.8, 4) is 11.5 Å². The van der Waals surface area contributed by atoms with Crippen LogP contribution in [-0.4, -0.2) is 35.1 Å². The molecule has 1 amide bonds. The van der Waals surface area contributed by atoms with Gasteiger partial charge < -0.3 is 14.7 Å². The summed E-state index contributed by atoms with van der Waals surface area (Å²) < 4.78 is 5.41. The monoisotopic (exact) mass is 328 g/mol. The zero-order valence-corrected chi connectivity index (χ0v) is 14.7. The standard InChI is InChI=1S/C19H24N2O3/c1-13-11-20-16(14(2)19(13)24-4)12-21(3)18(23)10-9-15-7-5-6-8-17(15)22/h5-8,11,22H,9-10,12H2,1-4H3. The molecule has 1 heterocycles. The van der Waals surface area contributed by atoms with Gasteiger partial charge in [0.25, 0.3) is 0 Å². The number of amides is 1. The summed E-state index contributed by atoms with van der Waals surface area (Å²) in [4.78, 5) is 18.4. The molecule has 1 aromatic carbocycles. The molecule has 0 bridgehead atoms. The lowest BCUT2D eigenvalue weighted by Gasteiger charge is -2.19. The molecule has 5 heteroatoms. The van der Waals surface area contributed by atoms with Gasteiger partial charge in [0.05, 0.1) is 19.3 Å². The molecule has 2 rings (SSSR count). The van der Waals surface area contributed by atoms with Gasteiger partial charge in [-0.05, 0) is 31.9 Å². The maximum atomic E-state index is 12.3. The second-order valence-electron chi connectivity index (χ2n) is 5.92. The van der Waals surface area contributed by atoms with Crippen LogP contribution in [0.3, 0.4) is 0 Å². The van der Waals surface area contributed by atoms with Crippen LogP contribution in [0, 0.1) is 13.8 Å². The Bertz CT molecular complexity index is 729. The van der Waals surface area contributed by atoms with Gasteiger partial charge in [-0.1, -0.05) is 18.2 Å². The number of nitrogens with zero attached hydrogens (tertiary/aromatic N) is 2. The van der Waals surface area contributed by atoms with E-state index in [0.29, 0.717) is 19.4 Å². The van der Waals surface area contributed by atoms with E-state index in [1.54, 1.807) is 37.4 Å². The van der Waals surface area contributed by atoms with Crippen molar-refractivity contribution >= 4 is 5.91 Å². The minimum absolute atomic E-state index is 0.0130. The molecule has 128 valence electrons. The molecule has 0 spiro atoms. The van der Waals surface area contributed by atoms with E-state index >= 15 is 0 Å². The Morgan fingerprint density at radius 2 is 2.00 bits per heavy atom. The number of aromatic hydroxyl groups is 1. The van der Waals surface area contributed by atoms with E-state index in [1.807, 2.05) is 26.0 Å². The largest absolute Gasteiger partial charge is 0.508 e. The molecule has 1 N–H and O–H groups in total.